The molecule has 0 amide bonds. The van der Waals surface area contributed by atoms with E-state index >= 15 is 0 Å². The number of anilines is 1. The van der Waals surface area contributed by atoms with Gasteiger partial charge >= 0.3 is 13.5 Å². The molecule has 42 heavy (non-hydrogen) atoms. The van der Waals surface area contributed by atoms with E-state index in [0.29, 0.717) is 0 Å². The van der Waals surface area contributed by atoms with E-state index in [4.69, 9.17) is 24.3 Å². The zero-order chi connectivity index (χ0) is 29.9. The van der Waals surface area contributed by atoms with Gasteiger partial charge in [0.15, 0.2) is 23.0 Å². The van der Waals surface area contributed by atoms with E-state index in [1.54, 1.807) is 0 Å². The maximum atomic E-state index is 13.0. The summed E-state index contributed by atoms with van der Waals surface area (Å²) in [5.74, 6) is -0.262. The lowest BCUT2D eigenvalue weighted by Crippen LogP contribution is -2.36. The Kier molecular flexibility index (Phi) is 7.17. The largest absolute Gasteiger partial charge is 0.472 e. The first-order valence-corrected chi connectivity index (χ1v) is 13.7. The highest BCUT2D eigenvalue weighted by molar-refractivity contribution is 7.47. The third-order valence-electron chi connectivity index (χ3n) is 6.88. The van der Waals surface area contributed by atoms with Gasteiger partial charge in [0, 0.05) is 5.56 Å². The van der Waals surface area contributed by atoms with Crippen LogP contribution in [-0.4, -0.2) is 114 Å². The minimum Gasteiger partial charge on any atom is -0.394 e. The van der Waals surface area contributed by atoms with E-state index in [2.05, 4.69) is 30.0 Å². The van der Waals surface area contributed by atoms with Gasteiger partial charge in [-0.2, -0.15) is 14.6 Å². The molecule has 3 unspecified atom stereocenters. The van der Waals surface area contributed by atoms with Crippen molar-refractivity contribution in [3.05, 3.63) is 45.3 Å². The van der Waals surface area contributed by atoms with Crippen LogP contribution >= 0.6 is 7.82 Å². The average Bonchev–Trinajstić information content (AvgIpc) is 3.69. The number of nitrogens with one attached hydrogen (secondary N) is 2. The molecule has 22 heteroatoms. The molecule has 4 aromatic heterocycles. The Balaban J connectivity index is 1.19. The number of phosphoric ester groups is 1. The lowest BCUT2D eigenvalue weighted by atomic mass is 10.0. The van der Waals surface area contributed by atoms with E-state index in [-0.39, 0.29) is 28.3 Å². The van der Waals surface area contributed by atoms with Crippen molar-refractivity contribution in [1.82, 2.24) is 39.1 Å². The molecular formula is C20H24N9O12P. The SMILES string of the molecule is Nc1nc2c(ncn2[C@@H]2O[C@H](CO)[C@H](O)C2OP(=O)(O)OC[C@H]2O[C@@H](c3cnn4c(=O)[nH]cnc34)C(O)[C@H]2O)c(=O)[nH]1. The summed E-state index contributed by atoms with van der Waals surface area (Å²) in [7, 11) is -5.07. The molecule has 2 fully saturated rings. The number of aliphatic hydroxyl groups is 4. The molecule has 0 aliphatic carbocycles. The lowest BCUT2D eigenvalue weighted by molar-refractivity contribution is -0.0550. The summed E-state index contributed by atoms with van der Waals surface area (Å²) in [6, 6.07) is 0. The molecule has 6 heterocycles. The summed E-state index contributed by atoms with van der Waals surface area (Å²) in [6.07, 6.45) is -8.32. The number of nitrogens with zero attached hydrogens (tertiary/aromatic N) is 6. The quantitative estimate of drug-likeness (QED) is 0.0879. The highest BCUT2D eigenvalue weighted by atomic mass is 31.2. The standard InChI is InChI=1S/C20H24N9O12P/c21-19-26-16-9(17(34)27-19)24-5-28(16)18-14(11(32)7(2-30)40-18)41-42(36,37)38-3-8-10(31)12(33)13(39-8)6-1-25-29-15(6)22-4-23-20(29)35/h1,4-5,7-8,10-14,18,30-33H,2-3H2,(H,36,37)(H,22,23,35)(H3,21,26,27,34)/t7-,8-,10+,11+,12?,13+,14?,18-/m1/s1. The van der Waals surface area contributed by atoms with Crippen molar-refractivity contribution in [3.63, 3.8) is 0 Å². The zero-order valence-corrected chi connectivity index (χ0v) is 22.0. The van der Waals surface area contributed by atoms with E-state index in [1.165, 1.54) is 6.20 Å². The van der Waals surface area contributed by atoms with Gasteiger partial charge in [-0.1, -0.05) is 0 Å². The Labute approximate surface area is 231 Å². The van der Waals surface area contributed by atoms with Crippen molar-refractivity contribution >= 4 is 30.6 Å². The highest BCUT2D eigenvalue weighted by Crippen LogP contribution is 2.50. The average molecular weight is 613 g/mol. The van der Waals surface area contributed by atoms with Crippen LogP contribution in [0.5, 0.6) is 0 Å². The molecule has 2 saturated heterocycles. The number of phosphoric acid groups is 1. The Morgan fingerprint density at radius 2 is 1.88 bits per heavy atom. The Hall–Kier alpha value is -3.63. The van der Waals surface area contributed by atoms with Crippen molar-refractivity contribution < 1.29 is 48.4 Å². The van der Waals surface area contributed by atoms with Crippen molar-refractivity contribution in [2.75, 3.05) is 18.9 Å². The smallest absolute Gasteiger partial charge is 0.394 e. The number of aliphatic hydroxyl groups excluding tert-OH is 4. The van der Waals surface area contributed by atoms with Gasteiger partial charge in [0.05, 0.1) is 32.1 Å². The predicted octanol–water partition coefficient (Wildman–Crippen LogP) is -3.95. The normalized spacial score (nSPS) is 31.3. The second-order valence-corrected chi connectivity index (χ2v) is 10.9. The number of H-pyrrole nitrogens is 2. The number of hydrogen-bond donors (Lipinski definition) is 8. The third kappa shape index (κ3) is 4.80. The summed E-state index contributed by atoms with van der Waals surface area (Å²) in [5.41, 5.74) is 4.31. The molecule has 9 N–H and O–H groups in total. The number of ether oxygens (including phenoxy) is 2. The summed E-state index contributed by atoms with van der Waals surface area (Å²) < 4.78 is 36.5. The first kappa shape index (κ1) is 28.5. The van der Waals surface area contributed by atoms with Gasteiger partial charge in [0.1, 0.15) is 42.7 Å². The van der Waals surface area contributed by atoms with Crippen LogP contribution in [0.15, 0.2) is 28.4 Å². The van der Waals surface area contributed by atoms with E-state index in [1.807, 2.05) is 0 Å². The molecule has 0 spiro atoms. The fourth-order valence-corrected chi connectivity index (χ4v) is 5.81. The molecular weight excluding hydrogens is 589 g/mol. The number of imidazole rings is 1. The van der Waals surface area contributed by atoms with Crippen LogP contribution in [0.25, 0.3) is 16.8 Å². The summed E-state index contributed by atoms with van der Waals surface area (Å²) in [4.78, 5) is 51.1. The monoisotopic (exact) mass is 613 g/mol. The first-order chi connectivity index (χ1) is 20.0. The number of nitrogen functional groups attached to an aromatic ring is 1. The van der Waals surface area contributed by atoms with Crippen LogP contribution in [0.2, 0.25) is 0 Å². The van der Waals surface area contributed by atoms with Gasteiger partial charge in [-0.15, -0.1) is 0 Å². The predicted molar refractivity (Wildman–Crippen MR) is 133 cm³/mol. The Morgan fingerprint density at radius 1 is 1.10 bits per heavy atom. The molecule has 0 aromatic carbocycles. The minimum absolute atomic E-state index is 0.0534. The second-order valence-electron chi connectivity index (χ2n) is 9.47. The summed E-state index contributed by atoms with van der Waals surface area (Å²) in [5, 5.41) is 45.3. The maximum Gasteiger partial charge on any atom is 0.472 e. The van der Waals surface area contributed by atoms with Crippen molar-refractivity contribution in [2.45, 2.75) is 49.0 Å². The molecule has 2 aliphatic rings. The van der Waals surface area contributed by atoms with Crippen molar-refractivity contribution in [1.29, 1.82) is 0 Å². The topological polar surface area (TPSA) is 308 Å². The van der Waals surface area contributed by atoms with Crippen LogP contribution in [-0.2, 0) is 23.1 Å². The fourth-order valence-electron chi connectivity index (χ4n) is 4.87. The number of aromatic nitrogens is 8. The van der Waals surface area contributed by atoms with Crippen LogP contribution in [0.1, 0.15) is 17.9 Å². The van der Waals surface area contributed by atoms with Crippen LogP contribution in [0.3, 0.4) is 0 Å². The second kappa shape index (κ2) is 10.6. The third-order valence-corrected chi connectivity index (χ3v) is 7.87. The van der Waals surface area contributed by atoms with Gasteiger partial charge in [-0.25, -0.2) is 19.3 Å². The minimum atomic E-state index is -5.07. The fraction of sp³-hybridized carbons (Fsp3) is 0.500. The molecule has 2 aliphatic heterocycles. The Morgan fingerprint density at radius 3 is 2.64 bits per heavy atom. The van der Waals surface area contributed by atoms with Crippen LogP contribution < -0.4 is 17.0 Å². The molecule has 0 radical (unpaired) electrons. The van der Waals surface area contributed by atoms with Crippen LogP contribution in [0, 0.1) is 0 Å². The molecule has 4 aromatic rings. The highest BCUT2D eigenvalue weighted by Gasteiger charge is 2.50. The van der Waals surface area contributed by atoms with Gasteiger partial charge in [-0.3, -0.25) is 28.4 Å². The van der Waals surface area contributed by atoms with E-state index in [9.17, 15) is 39.5 Å². The van der Waals surface area contributed by atoms with Crippen molar-refractivity contribution in [3.8, 4) is 0 Å². The van der Waals surface area contributed by atoms with E-state index in [0.717, 1.165) is 21.7 Å². The number of rotatable bonds is 8. The number of aromatic amines is 2. The molecule has 0 saturated carbocycles. The lowest BCUT2D eigenvalue weighted by Gasteiger charge is -2.24. The van der Waals surface area contributed by atoms with Gasteiger partial charge in [0.25, 0.3) is 5.56 Å². The van der Waals surface area contributed by atoms with Crippen LogP contribution in [0.4, 0.5) is 5.95 Å². The molecule has 9 atom stereocenters. The van der Waals surface area contributed by atoms with Gasteiger partial charge < -0.3 is 40.5 Å². The number of fused-ring (bicyclic) bond motifs is 2. The maximum absolute atomic E-state index is 13.0. The Bertz CT molecular complexity index is 1790. The molecule has 21 nitrogen and oxygen atoms in total. The summed E-state index contributed by atoms with van der Waals surface area (Å²) in [6.45, 7) is -1.47. The molecule has 226 valence electrons. The van der Waals surface area contributed by atoms with Gasteiger partial charge in [-0.05, 0) is 0 Å². The van der Waals surface area contributed by atoms with Crippen molar-refractivity contribution in [2.24, 2.45) is 0 Å². The van der Waals surface area contributed by atoms with E-state index < -0.39 is 81.2 Å². The molecule has 0 bridgehead atoms. The number of nitrogens with two attached hydrogens (primary N) is 1. The number of hydrogen-bond acceptors (Lipinski definition) is 16. The summed E-state index contributed by atoms with van der Waals surface area (Å²) >= 11 is 0. The molecule has 6 rings (SSSR count). The van der Waals surface area contributed by atoms with Gasteiger partial charge in [0.2, 0.25) is 5.95 Å². The first-order valence-electron chi connectivity index (χ1n) is 12.2. The zero-order valence-electron chi connectivity index (χ0n) is 21.1.